The lowest BCUT2D eigenvalue weighted by atomic mass is 10.2. The predicted molar refractivity (Wildman–Crippen MR) is 94.3 cm³/mol. The highest BCUT2D eigenvalue weighted by atomic mass is 32.2. The first kappa shape index (κ1) is 15.8. The number of rotatable bonds is 7. The Morgan fingerprint density at radius 3 is 2.17 bits per heavy atom. The van der Waals surface area contributed by atoms with Gasteiger partial charge in [-0.25, -0.2) is 0 Å². The molecule has 1 heterocycles. The lowest BCUT2D eigenvalue weighted by molar-refractivity contribution is 0.663. The first-order valence-electron chi connectivity index (χ1n) is 7.69. The van der Waals surface area contributed by atoms with Crippen molar-refractivity contribution < 1.29 is 0 Å². The first-order chi connectivity index (χ1) is 11.4. The Bertz CT molecular complexity index is 725. The van der Waals surface area contributed by atoms with E-state index in [-0.39, 0.29) is 0 Å². The normalized spacial score (nSPS) is 10.8. The summed E-state index contributed by atoms with van der Waals surface area (Å²) in [6.07, 6.45) is 0.742. The SMILES string of the molecule is NCCc1nnc(SCc2ccccc2)n1Cc1ccccc1. The minimum Gasteiger partial charge on any atom is -0.330 e. The second kappa shape index (κ2) is 7.94. The summed E-state index contributed by atoms with van der Waals surface area (Å²) in [5.74, 6) is 1.84. The molecule has 0 aliphatic carbocycles. The smallest absolute Gasteiger partial charge is 0.191 e. The molecule has 0 bridgehead atoms. The number of aromatic nitrogens is 3. The van der Waals surface area contributed by atoms with Gasteiger partial charge in [0.15, 0.2) is 5.16 Å². The van der Waals surface area contributed by atoms with Crippen molar-refractivity contribution >= 4 is 11.8 Å². The van der Waals surface area contributed by atoms with Crippen LogP contribution in [0.4, 0.5) is 0 Å². The largest absolute Gasteiger partial charge is 0.330 e. The van der Waals surface area contributed by atoms with Crippen molar-refractivity contribution in [3.63, 3.8) is 0 Å². The molecule has 0 spiro atoms. The minimum atomic E-state index is 0.580. The van der Waals surface area contributed by atoms with Crippen molar-refractivity contribution in [1.82, 2.24) is 14.8 Å². The average molecular weight is 324 g/mol. The Balaban J connectivity index is 1.79. The van der Waals surface area contributed by atoms with E-state index in [4.69, 9.17) is 5.73 Å². The maximum atomic E-state index is 5.71. The lowest BCUT2D eigenvalue weighted by Crippen LogP contribution is -2.11. The van der Waals surface area contributed by atoms with Crippen molar-refractivity contribution in [2.45, 2.75) is 23.9 Å². The molecule has 1 aromatic heterocycles. The van der Waals surface area contributed by atoms with Gasteiger partial charge < -0.3 is 10.3 Å². The molecule has 0 aliphatic heterocycles. The highest BCUT2D eigenvalue weighted by molar-refractivity contribution is 7.98. The molecular weight excluding hydrogens is 304 g/mol. The summed E-state index contributed by atoms with van der Waals surface area (Å²) < 4.78 is 2.18. The summed E-state index contributed by atoms with van der Waals surface area (Å²) in [4.78, 5) is 0. The van der Waals surface area contributed by atoms with Gasteiger partial charge in [0.1, 0.15) is 5.82 Å². The molecule has 0 unspecified atom stereocenters. The fourth-order valence-corrected chi connectivity index (χ4v) is 3.30. The van der Waals surface area contributed by atoms with Gasteiger partial charge in [-0.2, -0.15) is 0 Å². The van der Waals surface area contributed by atoms with Crippen molar-refractivity contribution in [2.75, 3.05) is 6.54 Å². The van der Waals surface area contributed by atoms with Crippen LogP contribution in [0, 0.1) is 0 Å². The molecule has 0 atom stereocenters. The molecule has 23 heavy (non-hydrogen) atoms. The van der Waals surface area contributed by atoms with Gasteiger partial charge in [0.2, 0.25) is 0 Å². The Labute approximate surface area is 140 Å². The molecule has 118 valence electrons. The topological polar surface area (TPSA) is 56.7 Å². The Morgan fingerprint density at radius 2 is 1.52 bits per heavy atom. The van der Waals surface area contributed by atoms with Crippen LogP contribution in [0.15, 0.2) is 65.8 Å². The number of benzene rings is 2. The van der Waals surface area contributed by atoms with Crippen LogP contribution < -0.4 is 5.73 Å². The summed E-state index contributed by atoms with van der Waals surface area (Å²) in [6.45, 7) is 1.36. The van der Waals surface area contributed by atoms with E-state index in [0.29, 0.717) is 6.54 Å². The molecule has 2 N–H and O–H groups in total. The van der Waals surface area contributed by atoms with Crippen LogP contribution in [0.25, 0.3) is 0 Å². The zero-order valence-corrected chi connectivity index (χ0v) is 13.7. The van der Waals surface area contributed by atoms with Crippen LogP contribution in [0.2, 0.25) is 0 Å². The zero-order valence-electron chi connectivity index (χ0n) is 12.9. The van der Waals surface area contributed by atoms with Gasteiger partial charge in [0.05, 0.1) is 6.54 Å². The van der Waals surface area contributed by atoms with Crippen LogP contribution in [-0.2, 0) is 18.7 Å². The van der Waals surface area contributed by atoms with Gasteiger partial charge >= 0.3 is 0 Å². The third kappa shape index (κ3) is 4.21. The molecule has 0 amide bonds. The molecule has 0 saturated carbocycles. The molecule has 0 fully saturated rings. The molecule has 0 saturated heterocycles. The molecule has 4 nitrogen and oxygen atoms in total. The molecular formula is C18H20N4S. The molecule has 3 aromatic rings. The van der Waals surface area contributed by atoms with Crippen molar-refractivity contribution in [3.8, 4) is 0 Å². The minimum absolute atomic E-state index is 0.580. The number of nitrogens with zero attached hydrogens (tertiary/aromatic N) is 3. The predicted octanol–water partition coefficient (Wildman–Crippen LogP) is 3.12. The fraction of sp³-hybridized carbons (Fsp3) is 0.222. The van der Waals surface area contributed by atoms with E-state index >= 15 is 0 Å². The second-order valence-corrected chi connectivity index (χ2v) is 6.23. The van der Waals surface area contributed by atoms with Gasteiger partial charge in [-0.05, 0) is 17.7 Å². The van der Waals surface area contributed by atoms with Gasteiger partial charge in [0, 0.05) is 12.2 Å². The Morgan fingerprint density at radius 1 is 0.870 bits per heavy atom. The quantitative estimate of drug-likeness (QED) is 0.679. The average Bonchev–Trinajstić information content (AvgIpc) is 2.97. The fourth-order valence-electron chi connectivity index (χ4n) is 2.39. The first-order valence-corrected chi connectivity index (χ1v) is 8.68. The third-order valence-electron chi connectivity index (χ3n) is 3.56. The van der Waals surface area contributed by atoms with Gasteiger partial charge in [-0.15, -0.1) is 10.2 Å². The van der Waals surface area contributed by atoms with Crippen molar-refractivity contribution in [3.05, 3.63) is 77.6 Å². The number of nitrogens with two attached hydrogens (primary N) is 1. The maximum Gasteiger partial charge on any atom is 0.191 e. The van der Waals surface area contributed by atoms with E-state index < -0.39 is 0 Å². The molecule has 0 radical (unpaired) electrons. The summed E-state index contributed by atoms with van der Waals surface area (Å²) in [5.41, 5.74) is 8.24. The number of thioether (sulfide) groups is 1. The van der Waals surface area contributed by atoms with E-state index in [1.807, 2.05) is 12.1 Å². The third-order valence-corrected chi connectivity index (χ3v) is 4.59. The lowest BCUT2D eigenvalue weighted by Gasteiger charge is -2.10. The standard InChI is InChI=1S/C18H20N4S/c19-12-11-17-20-21-18(23-14-16-9-5-2-6-10-16)22(17)13-15-7-3-1-4-8-15/h1-10H,11-14,19H2. The second-order valence-electron chi connectivity index (χ2n) is 5.28. The van der Waals surface area contributed by atoms with E-state index in [2.05, 4.69) is 63.3 Å². The summed E-state index contributed by atoms with van der Waals surface area (Å²) >= 11 is 1.71. The van der Waals surface area contributed by atoms with E-state index in [1.54, 1.807) is 11.8 Å². The molecule has 3 rings (SSSR count). The van der Waals surface area contributed by atoms with Crippen LogP contribution in [0.1, 0.15) is 17.0 Å². The van der Waals surface area contributed by atoms with Crippen molar-refractivity contribution in [2.24, 2.45) is 5.73 Å². The van der Waals surface area contributed by atoms with Crippen LogP contribution >= 0.6 is 11.8 Å². The van der Waals surface area contributed by atoms with Crippen molar-refractivity contribution in [1.29, 1.82) is 0 Å². The van der Waals surface area contributed by atoms with E-state index in [1.165, 1.54) is 11.1 Å². The maximum absolute atomic E-state index is 5.71. The summed E-state index contributed by atoms with van der Waals surface area (Å²) in [6, 6.07) is 20.8. The Kier molecular flexibility index (Phi) is 5.45. The number of hydrogen-bond donors (Lipinski definition) is 1. The van der Waals surface area contributed by atoms with E-state index in [0.717, 1.165) is 29.7 Å². The van der Waals surface area contributed by atoms with Crippen LogP contribution in [0.5, 0.6) is 0 Å². The number of hydrogen-bond acceptors (Lipinski definition) is 4. The van der Waals surface area contributed by atoms with Gasteiger partial charge in [-0.1, -0.05) is 72.4 Å². The highest BCUT2D eigenvalue weighted by Crippen LogP contribution is 2.23. The molecule has 0 aliphatic rings. The highest BCUT2D eigenvalue weighted by Gasteiger charge is 2.12. The monoisotopic (exact) mass is 324 g/mol. The molecule has 5 heteroatoms. The summed E-state index contributed by atoms with van der Waals surface area (Å²) in [5, 5.41) is 9.64. The molecule has 2 aromatic carbocycles. The van der Waals surface area contributed by atoms with Crippen LogP contribution in [-0.4, -0.2) is 21.3 Å². The van der Waals surface area contributed by atoms with Gasteiger partial charge in [0.25, 0.3) is 0 Å². The van der Waals surface area contributed by atoms with Crippen LogP contribution in [0.3, 0.4) is 0 Å². The van der Waals surface area contributed by atoms with Gasteiger partial charge in [-0.3, -0.25) is 0 Å². The zero-order chi connectivity index (χ0) is 15.9. The van der Waals surface area contributed by atoms with E-state index in [9.17, 15) is 0 Å². The summed E-state index contributed by atoms with van der Waals surface area (Å²) in [7, 11) is 0. The Hall–Kier alpha value is -2.11.